The van der Waals surface area contributed by atoms with E-state index in [4.69, 9.17) is 0 Å². The molecule has 0 spiro atoms. The molecule has 0 aliphatic heterocycles. The summed E-state index contributed by atoms with van der Waals surface area (Å²) in [7, 11) is -3.45. The number of hydrogen-bond donors (Lipinski definition) is 1. The Kier molecular flexibility index (Phi) is 7.71. The molecule has 0 bridgehead atoms. The monoisotopic (exact) mass is 277 g/mol. The van der Waals surface area contributed by atoms with Crippen molar-refractivity contribution in [3.63, 3.8) is 0 Å². The van der Waals surface area contributed by atoms with Crippen molar-refractivity contribution in [2.45, 2.75) is 65.4 Å². The molecule has 0 aromatic carbocycles. The van der Waals surface area contributed by atoms with Crippen molar-refractivity contribution in [3.05, 3.63) is 0 Å². The van der Waals surface area contributed by atoms with Crippen LogP contribution in [0.2, 0.25) is 0 Å². The Hall–Kier alpha value is -0.420. The van der Waals surface area contributed by atoms with E-state index in [9.17, 15) is 13.5 Å². The van der Waals surface area contributed by atoms with Crippen LogP contribution in [0.15, 0.2) is 4.99 Å². The zero-order chi connectivity index (χ0) is 14.3. The standard InChI is InChI=1S/C13H27NO3S/c1-6-7-13(9-18(16,17)12(5)15)14-11(4)8-10(2)3/h10,12-13,15H,6-9H2,1-5H3. The van der Waals surface area contributed by atoms with Gasteiger partial charge in [0.25, 0.3) is 0 Å². The summed E-state index contributed by atoms with van der Waals surface area (Å²) in [4.78, 5) is 4.50. The molecule has 0 aliphatic rings. The van der Waals surface area contributed by atoms with Crippen LogP contribution in [0.4, 0.5) is 0 Å². The minimum Gasteiger partial charge on any atom is -0.377 e. The topological polar surface area (TPSA) is 66.7 Å². The third-order valence-electron chi connectivity index (χ3n) is 2.67. The molecule has 5 heteroatoms. The maximum atomic E-state index is 11.7. The third kappa shape index (κ3) is 7.11. The van der Waals surface area contributed by atoms with Gasteiger partial charge in [-0.25, -0.2) is 8.42 Å². The summed E-state index contributed by atoms with van der Waals surface area (Å²) in [6, 6.07) is -0.228. The number of aliphatic imine (C=N–C) groups is 1. The van der Waals surface area contributed by atoms with Crippen LogP contribution in [0, 0.1) is 5.92 Å². The third-order valence-corrected chi connectivity index (χ3v) is 4.56. The van der Waals surface area contributed by atoms with Gasteiger partial charge in [-0.15, -0.1) is 0 Å². The average Bonchev–Trinajstić information content (AvgIpc) is 2.15. The smallest absolute Gasteiger partial charge is 0.178 e. The first-order valence-corrected chi connectivity index (χ1v) is 8.33. The Labute approximate surface area is 111 Å². The molecule has 2 atom stereocenters. The molecule has 0 amide bonds. The van der Waals surface area contributed by atoms with Crippen molar-refractivity contribution < 1.29 is 13.5 Å². The Morgan fingerprint density at radius 3 is 2.22 bits per heavy atom. The highest BCUT2D eigenvalue weighted by Gasteiger charge is 2.23. The fraction of sp³-hybridized carbons (Fsp3) is 0.923. The minimum atomic E-state index is -3.45. The van der Waals surface area contributed by atoms with Crippen LogP contribution in [0.3, 0.4) is 0 Å². The van der Waals surface area contributed by atoms with Gasteiger partial charge in [0.05, 0.1) is 11.8 Å². The highest BCUT2D eigenvalue weighted by Crippen LogP contribution is 2.11. The first-order chi connectivity index (χ1) is 8.19. The fourth-order valence-corrected chi connectivity index (χ4v) is 2.94. The van der Waals surface area contributed by atoms with Crippen molar-refractivity contribution in [1.82, 2.24) is 0 Å². The van der Waals surface area contributed by atoms with E-state index < -0.39 is 15.3 Å². The molecule has 0 fully saturated rings. The van der Waals surface area contributed by atoms with Crippen LogP contribution >= 0.6 is 0 Å². The van der Waals surface area contributed by atoms with E-state index in [0.717, 1.165) is 25.0 Å². The van der Waals surface area contributed by atoms with E-state index in [2.05, 4.69) is 18.8 Å². The minimum absolute atomic E-state index is 0.0616. The zero-order valence-corrected chi connectivity index (χ0v) is 13.0. The molecule has 1 N–H and O–H groups in total. The molecule has 0 rings (SSSR count). The van der Waals surface area contributed by atoms with E-state index >= 15 is 0 Å². The molecule has 2 unspecified atom stereocenters. The average molecular weight is 277 g/mol. The van der Waals surface area contributed by atoms with Gasteiger partial charge in [-0.05, 0) is 32.6 Å². The number of sulfone groups is 1. The van der Waals surface area contributed by atoms with Crippen LogP contribution < -0.4 is 0 Å². The largest absolute Gasteiger partial charge is 0.377 e. The Morgan fingerprint density at radius 2 is 1.83 bits per heavy atom. The molecular formula is C13H27NO3S. The quantitative estimate of drug-likeness (QED) is 0.693. The fourth-order valence-electron chi connectivity index (χ4n) is 1.88. The number of rotatable bonds is 8. The van der Waals surface area contributed by atoms with Crippen molar-refractivity contribution in [1.29, 1.82) is 0 Å². The SMILES string of the molecule is CCCC(CS(=O)(=O)C(C)O)N=C(C)CC(C)C. The number of nitrogens with zero attached hydrogens (tertiary/aromatic N) is 1. The Morgan fingerprint density at radius 1 is 1.28 bits per heavy atom. The molecule has 0 heterocycles. The lowest BCUT2D eigenvalue weighted by Crippen LogP contribution is -2.28. The predicted octanol–water partition coefficient (Wildman–Crippen LogP) is 2.42. The molecule has 108 valence electrons. The second-order valence-electron chi connectivity index (χ2n) is 5.33. The van der Waals surface area contributed by atoms with Crippen LogP contribution in [0.5, 0.6) is 0 Å². The molecule has 0 saturated heterocycles. The lowest BCUT2D eigenvalue weighted by molar-refractivity contribution is 0.268. The molecule has 18 heavy (non-hydrogen) atoms. The summed E-state index contributed by atoms with van der Waals surface area (Å²) in [6.45, 7) is 9.47. The van der Waals surface area contributed by atoms with Gasteiger partial charge >= 0.3 is 0 Å². The van der Waals surface area contributed by atoms with Crippen molar-refractivity contribution in [3.8, 4) is 0 Å². The molecule has 0 aromatic heterocycles. The van der Waals surface area contributed by atoms with Gasteiger partial charge in [-0.3, -0.25) is 4.99 Å². The van der Waals surface area contributed by atoms with E-state index in [1.165, 1.54) is 6.92 Å². The molecular weight excluding hydrogens is 250 g/mol. The van der Waals surface area contributed by atoms with Gasteiger partial charge in [-0.2, -0.15) is 0 Å². The van der Waals surface area contributed by atoms with Crippen LogP contribution in [-0.4, -0.2) is 36.5 Å². The maximum absolute atomic E-state index is 11.7. The van der Waals surface area contributed by atoms with Gasteiger partial charge in [0.15, 0.2) is 15.3 Å². The predicted molar refractivity (Wildman–Crippen MR) is 76.7 cm³/mol. The van der Waals surface area contributed by atoms with E-state index in [-0.39, 0.29) is 11.8 Å². The van der Waals surface area contributed by atoms with Crippen LogP contribution in [0.1, 0.15) is 53.9 Å². The van der Waals surface area contributed by atoms with Crippen LogP contribution in [-0.2, 0) is 9.84 Å². The van der Waals surface area contributed by atoms with E-state index in [1.807, 2.05) is 13.8 Å². The molecule has 0 radical (unpaired) electrons. The summed E-state index contributed by atoms with van der Waals surface area (Å²) in [5.74, 6) is 0.456. The Bertz CT molecular complexity index is 358. The molecule has 0 saturated carbocycles. The number of aliphatic hydroxyl groups is 1. The molecule has 0 aromatic rings. The number of aliphatic hydroxyl groups excluding tert-OH is 1. The summed E-state index contributed by atoms with van der Waals surface area (Å²) < 4.78 is 23.4. The van der Waals surface area contributed by atoms with Gasteiger partial charge in [0, 0.05) is 5.71 Å². The first-order valence-electron chi connectivity index (χ1n) is 6.62. The van der Waals surface area contributed by atoms with Crippen molar-refractivity contribution in [2.24, 2.45) is 10.9 Å². The van der Waals surface area contributed by atoms with E-state index in [1.54, 1.807) is 0 Å². The van der Waals surface area contributed by atoms with Gasteiger partial charge in [0.2, 0.25) is 0 Å². The van der Waals surface area contributed by atoms with Gasteiger partial charge in [-0.1, -0.05) is 27.2 Å². The lowest BCUT2D eigenvalue weighted by atomic mass is 10.1. The summed E-state index contributed by atoms with van der Waals surface area (Å²) in [6.07, 6.45) is 2.51. The number of hydrogen-bond acceptors (Lipinski definition) is 4. The van der Waals surface area contributed by atoms with Crippen LogP contribution in [0.25, 0.3) is 0 Å². The second kappa shape index (κ2) is 7.89. The highest BCUT2D eigenvalue weighted by molar-refractivity contribution is 7.91. The first kappa shape index (κ1) is 17.6. The van der Waals surface area contributed by atoms with Crippen molar-refractivity contribution >= 4 is 15.5 Å². The van der Waals surface area contributed by atoms with Crippen molar-refractivity contribution in [2.75, 3.05) is 5.75 Å². The van der Waals surface area contributed by atoms with Gasteiger partial charge < -0.3 is 5.11 Å². The summed E-state index contributed by atoms with van der Waals surface area (Å²) in [5.41, 5.74) is -0.318. The molecule has 4 nitrogen and oxygen atoms in total. The maximum Gasteiger partial charge on any atom is 0.178 e. The zero-order valence-electron chi connectivity index (χ0n) is 12.2. The summed E-state index contributed by atoms with van der Waals surface area (Å²) in [5, 5.41) is 9.24. The molecule has 0 aliphatic carbocycles. The second-order valence-corrected chi connectivity index (χ2v) is 7.67. The van der Waals surface area contributed by atoms with E-state index in [0.29, 0.717) is 5.92 Å². The van der Waals surface area contributed by atoms with Gasteiger partial charge in [0.1, 0.15) is 0 Å². The Balaban J connectivity index is 4.77. The lowest BCUT2D eigenvalue weighted by Gasteiger charge is -2.15. The highest BCUT2D eigenvalue weighted by atomic mass is 32.2. The summed E-state index contributed by atoms with van der Waals surface area (Å²) >= 11 is 0. The normalized spacial score (nSPS) is 16.9.